The van der Waals surface area contributed by atoms with Crippen LogP contribution in [0.4, 0.5) is 0 Å². The molecule has 5 atom stereocenters. The summed E-state index contributed by atoms with van der Waals surface area (Å²) in [5.41, 5.74) is -0.869. The molecule has 0 spiro atoms. The van der Waals surface area contributed by atoms with Crippen LogP contribution in [0, 0.1) is 17.8 Å². The summed E-state index contributed by atoms with van der Waals surface area (Å²) in [5.74, 6) is -1.39. The predicted molar refractivity (Wildman–Crippen MR) is 96.4 cm³/mol. The van der Waals surface area contributed by atoms with E-state index in [0.29, 0.717) is 39.0 Å². The Kier molecular flexibility index (Phi) is 4.84. The molecular weight excluding hydrogens is 348 g/mol. The third-order valence-corrected chi connectivity index (χ3v) is 6.83. The fourth-order valence-corrected chi connectivity index (χ4v) is 5.15. The van der Waals surface area contributed by atoms with E-state index in [1.54, 1.807) is 4.90 Å². The van der Waals surface area contributed by atoms with Gasteiger partial charge in [0.25, 0.3) is 0 Å². The van der Waals surface area contributed by atoms with Gasteiger partial charge < -0.3 is 14.7 Å². The van der Waals surface area contributed by atoms with E-state index in [2.05, 4.69) is 0 Å². The zero-order chi connectivity index (χ0) is 19.2. The number of rotatable bonds is 3. The number of fused-ring (bicyclic) bond motifs is 1. The summed E-state index contributed by atoms with van der Waals surface area (Å²) < 4.78 is 5.57. The first kappa shape index (κ1) is 18.6. The number of hydrogen-bond donors (Lipinski definition) is 1. The van der Waals surface area contributed by atoms with Crippen molar-refractivity contribution in [3.05, 3.63) is 12.2 Å². The number of amides is 3. The molecule has 0 aromatic carbocycles. The first-order valence-electron chi connectivity index (χ1n) is 10.00. The number of hydrogen-bond acceptors (Lipinski definition) is 5. The van der Waals surface area contributed by atoms with E-state index in [4.69, 9.17) is 4.74 Å². The first-order chi connectivity index (χ1) is 12.9. The quantitative estimate of drug-likeness (QED) is 0.579. The Labute approximate surface area is 159 Å². The van der Waals surface area contributed by atoms with Crippen molar-refractivity contribution in [1.82, 2.24) is 9.80 Å². The number of carbonyl (C=O) groups excluding carboxylic acids is 3. The molecule has 3 fully saturated rings. The van der Waals surface area contributed by atoms with Crippen LogP contribution >= 0.6 is 0 Å². The molecule has 0 aromatic heterocycles. The molecule has 4 rings (SSSR count). The van der Waals surface area contributed by atoms with E-state index in [0.717, 1.165) is 17.7 Å². The van der Waals surface area contributed by atoms with E-state index in [1.807, 2.05) is 19.1 Å². The molecule has 0 radical (unpaired) electrons. The van der Waals surface area contributed by atoms with Crippen LogP contribution in [0.5, 0.6) is 0 Å². The van der Waals surface area contributed by atoms with Crippen molar-refractivity contribution in [3.63, 3.8) is 0 Å². The first-order valence-corrected chi connectivity index (χ1v) is 10.00. The van der Waals surface area contributed by atoms with Gasteiger partial charge in [0.1, 0.15) is 6.54 Å². The molecule has 3 amide bonds. The fourth-order valence-electron chi connectivity index (χ4n) is 5.15. The van der Waals surface area contributed by atoms with Gasteiger partial charge in [-0.15, -0.1) is 0 Å². The summed E-state index contributed by atoms with van der Waals surface area (Å²) in [4.78, 5) is 41.2. The molecule has 7 nitrogen and oxygen atoms in total. The lowest BCUT2D eigenvalue weighted by Gasteiger charge is -2.43. The van der Waals surface area contributed by atoms with Crippen LogP contribution < -0.4 is 0 Å². The molecule has 148 valence electrons. The minimum Gasteiger partial charge on any atom is -0.390 e. The highest BCUT2D eigenvalue weighted by Gasteiger charge is 2.49. The summed E-state index contributed by atoms with van der Waals surface area (Å²) in [5, 5.41) is 10.8. The molecular formula is C20H28N2O5. The second-order valence-electron chi connectivity index (χ2n) is 8.50. The number of aliphatic hydroxyl groups is 1. The highest BCUT2D eigenvalue weighted by atomic mass is 16.5. The van der Waals surface area contributed by atoms with Crippen LogP contribution in [0.2, 0.25) is 0 Å². The van der Waals surface area contributed by atoms with Crippen LogP contribution in [0.1, 0.15) is 39.0 Å². The Balaban J connectivity index is 1.46. The zero-order valence-electron chi connectivity index (χ0n) is 15.8. The van der Waals surface area contributed by atoms with Gasteiger partial charge in [-0.1, -0.05) is 12.2 Å². The molecule has 1 N–H and O–H groups in total. The maximum atomic E-state index is 13.0. The van der Waals surface area contributed by atoms with Crippen LogP contribution in [-0.2, 0) is 19.1 Å². The van der Waals surface area contributed by atoms with Crippen molar-refractivity contribution in [3.8, 4) is 0 Å². The van der Waals surface area contributed by atoms with E-state index in [9.17, 15) is 19.5 Å². The molecule has 0 bridgehead atoms. The van der Waals surface area contributed by atoms with E-state index in [1.165, 1.54) is 0 Å². The molecule has 7 heteroatoms. The third-order valence-electron chi connectivity index (χ3n) is 6.83. The smallest absolute Gasteiger partial charge is 0.243 e. The van der Waals surface area contributed by atoms with Crippen molar-refractivity contribution in [2.75, 3.05) is 26.3 Å². The molecule has 0 saturated carbocycles. The molecule has 27 heavy (non-hydrogen) atoms. The predicted octanol–water partition coefficient (Wildman–Crippen LogP) is 0.716. The Bertz CT molecular complexity index is 647. The van der Waals surface area contributed by atoms with Crippen molar-refractivity contribution in [1.29, 1.82) is 0 Å². The lowest BCUT2D eigenvalue weighted by atomic mass is 9.79. The SMILES string of the molecule is C[C@]1(O)CCOC[C@@H]1[C@H]1CCCN1C(=O)CN1C(=O)[C@H]2CC=CC[C@H]2C1=O. The molecule has 3 aliphatic heterocycles. The Morgan fingerprint density at radius 2 is 1.93 bits per heavy atom. The second kappa shape index (κ2) is 7.02. The second-order valence-corrected chi connectivity index (χ2v) is 8.50. The minimum absolute atomic E-state index is 0.107. The summed E-state index contributed by atoms with van der Waals surface area (Å²) in [6, 6.07) is -0.107. The number of carbonyl (C=O) groups is 3. The van der Waals surface area contributed by atoms with Gasteiger partial charge in [0.15, 0.2) is 0 Å². The number of imide groups is 1. The minimum atomic E-state index is -0.869. The van der Waals surface area contributed by atoms with Crippen molar-refractivity contribution >= 4 is 17.7 Å². The number of ether oxygens (including phenoxy) is 1. The highest BCUT2D eigenvalue weighted by Crippen LogP contribution is 2.37. The average molecular weight is 376 g/mol. The maximum Gasteiger partial charge on any atom is 0.243 e. The van der Waals surface area contributed by atoms with Gasteiger partial charge >= 0.3 is 0 Å². The van der Waals surface area contributed by atoms with Gasteiger partial charge in [0, 0.05) is 25.1 Å². The Hall–Kier alpha value is -1.73. The van der Waals surface area contributed by atoms with E-state index in [-0.39, 0.29) is 48.1 Å². The van der Waals surface area contributed by atoms with Gasteiger partial charge in [0.2, 0.25) is 17.7 Å². The highest BCUT2D eigenvalue weighted by molar-refractivity contribution is 6.07. The van der Waals surface area contributed by atoms with Gasteiger partial charge in [-0.25, -0.2) is 0 Å². The normalized spacial score (nSPS) is 39.2. The topological polar surface area (TPSA) is 87.2 Å². The maximum absolute atomic E-state index is 13.0. The van der Waals surface area contributed by atoms with Gasteiger partial charge in [-0.3, -0.25) is 19.3 Å². The van der Waals surface area contributed by atoms with Crippen molar-refractivity contribution in [2.24, 2.45) is 17.8 Å². The molecule has 1 aliphatic carbocycles. The standard InChI is InChI=1S/C20H28N2O5/c1-20(26)8-10-27-12-15(20)16-7-4-9-21(16)17(23)11-22-18(24)13-5-2-3-6-14(13)19(22)25/h2-3,13-16,26H,4-12H2,1H3/t13-,14+,15-,16-,20+/m1/s1. The molecule has 4 aliphatic rings. The lowest BCUT2D eigenvalue weighted by Crippen LogP contribution is -2.55. The van der Waals surface area contributed by atoms with Crippen LogP contribution in [-0.4, -0.2) is 70.6 Å². The Morgan fingerprint density at radius 1 is 1.26 bits per heavy atom. The lowest BCUT2D eigenvalue weighted by molar-refractivity contribution is -0.152. The summed E-state index contributed by atoms with van der Waals surface area (Å²) in [7, 11) is 0. The molecule has 3 saturated heterocycles. The fraction of sp³-hybridized carbons (Fsp3) is 0.750. The average Bonchev–Trinajstić information content (AvgIpc) is 3.21. The van der Waals surface area contributed by atoms with Crippen molar-refractivity contribution < 1.29 is 24.2 Å². The van der Waals surface area contributed by atoms with Crippen LogP contribution in [0.25, 0.3) is 0 Å². The summed E-state index contributed by atoms with van der Waals surface area (Å²) in [6.07, 6.45) is 7.27. The monoisotopic (exact) mass is 376 g/mol. The number of likely N-dealkylation sites (tertiary alicyclic amines) is 2. The molecule has 3 heterocycles. The Morgan fingerprint density at radius 3 is 2.56 bits per heavy atom. The van der Waals surface area contributed by atoms with Crippen LogP contribution in [0.15, 0.2) is 12.2 Å². The van der Waals surface area contributed by atoms with Crippen LogP contribution in [0.3, 0.4) is 0 Å². The van der Waals surface area contributed by atoms with E-state index >= 15 is 0 Å². The molecule has 0 unspecified atom stereocenters. The largest absolute Gasteiger partial charge is 0.390 e. The summed E-state index contributed by atoms with van der Waals surface area (Å²) in [6.45, 7) is 3.18. The summed E-state index contributed by atoms with van der Waals surface area (Å²) >= 11 is 0. The number of allylic oxidation sites excluding steroid dienone is 2. The van der Waals surface area contributed by atoms with Crippen molar-refractivity contribution in [2.45, 2.75) is 50.7 Å². The zero-order valence-corrected chi connectivity index (χ0v) is 15.8. The van der Waals surface area contributed by atoms with Gasteiger partial charge in [-0.2, -0.15) is 0 Å². The van der Waals surface area contributed by atoms with E-state index < -0.39 is 5.60 Å². The number of nitrogens with zero attached hydrogens (tertiary/aromatic N) is 2. The van der Waals surface area contributed by atoms with Gasteiger partial charge in [-0.05, 0) is 39.0 Å². The third kappa shape index (κ3) is 3.21. The van der Waals surface area contributed by atoms with Gasteiger partial charge in [0.05, 0.1) is 24.0 Å². The molecule has 0 aromatic rings.